The molecule has 2 aromatic carbocycles. The summed E-state index contributed by atoms with van der Waals surface area (Å²) < 4.78 is 5.38. The Labute approximate surface area is 170 Å². The molecule has 0 radical (unpaired) electrons. The average Bonchev–Trinajstić information content (AvgIpc) is 3.14. The first-order valence-electron chi connectivity index (χ1n) is 9.35. The fourth-order valence-corrected chi connectivity index (χ4v) is 3.65. The lowest BCUT2D eigenvalue weighted by Crippen LogP contribution is -2.13. The second-order valence-corrected chi connectivity index (χ2v) is 8.59. The number of nitrogens with zero attached hydrogens (tertiary/aromatic N) is 1. The van der Waals surface area contributed by atoms with E-state index in [1.807, 2.05) is 29.6 Å². The van der Waals surface area contributed by atoms with Crippen LogP contribution in [0.5, 0.6) is 5.75 Å². The number of carbonyl (C=O) groups excluding carboxylic acids is 1. The van der Waals surface area contributed by atoms with Crippen LogP contribution in [0.3, 0.4) is 0 Å². The van der Waals surface area contributed by atoms with Crippen LogP contribution in [0.1, 0.15) is 38.3 Å². The summed E-state index contributed by atoms with van der Waals surface area (Å²) in [5, 5.41) is 5.44. The molecule has 3 rings (SSSR count). The third-order valence-electron chi connectivity index (χ3n) is 4.59. The van der Waals surface area contributed by atoms with Crippen LogP contribution in [0.15, 0.2) is 53.9 Å². The lowest BCUT2D eigenvalue weighted by molar-refractivity contribution is -0.116. The van der Waals surface area contributed by atoms with Gasteiger partial charge in [0.2, 0.25) is 5.91 Å². The molecule has 3 aromatic rings. The van der Waals surface area contributed by atoms with Gasteiger partial charge in [0.1, 0.15) is 5.75 Å². The first kappa shape index (κ1) is 20.1. The molecule has 0 aliphatic rings. The Hall–Kier alpha value is -2.66. The number of amides is 1. The number of carbonyl (C=O) groups is 1. The standard InChI is InChI=1S/C23H26N2O2S/c1-23(2,3)17-12-9-16(10-13-17)11-14-21(26)25-22-24-19(15-28-22)18-7-5-6-8-20(18)27-4/h5-10,12-13,15H,11,14H2,1-4H3,(H,24,25,26). The van der Waals surface area contributed by atoms with Crippen LogP contribution in [0.2, 0.25) is 0 Å². The van der Waals surface area contributed by atoms with E-state index < -0.39 is 0 Å². The zero-order chi connectivity index (χ0) is 20.1. The summed E-state index contributed by atoms with van der Waals surface area (Å²) in [5.74, 6) is 0.741. The molecule has 0 atom stereocenters. The molecule has 1 N–H and O–H groups in total. The smallest absolute Gasteiger partial charge is 0.226 e. The van der Waals surface area contributed by atoms with Gasteiger partial charge < -0.3 is 10.1 Å². The Kier molecular flexibility index (Phi) is 6.15. The Balaban J connectivity index is 1.58. The van der Waals surface area contributed by atoms with Crippen molar-refractivity contribution in [1.29, 1.82) is 0 Å². The Bertz CT molecular complexity index is 940. The quantitative estimate of drug-likeness (QED) is 0.584. The van der Waals surface area contributed by atoms with Gasteiger partial charge >= 0.3 is 0 Å². The van der Waals surface area contributed by atoms with Gasteiger partial charge in [-0.05, 0) is 35.1 Å². The van der Waals surface area contributed by atoms with E-state index in [0.717, 1.165) is 22.6 Å². The molecule has 1 aromatic heterocycles. The van der Waals surface area contributed by atoms with Crippen LogP contribution >= 0.6 is 11.3 Å². The van der Waals surface area contributed by atoms with Crippen LogP contribution < -0.4 is 10.1 Å². The molecule has 0 bridgehead atoms. The fourth-order valence-electron chi connectivity index (χ4n) is 2.92. The third-order valence-corrected chi connectivity index (χ3v) is 5.35. The number of benzene rings is 2. The van der Waals surface area contributed by atoms with Gasteiger partial charge in [0.15, 0.2) is 5.13 Å². The molecule has 0 saturated carbocycles. The summed E-state index contributed by atoms with van der Waals surface area (Å²) in [6.45, 7) is 6.59. The molecule has 0 saturated heterocycles. The molecule has 1 heterocycles. The van der Waals surface area contributed by atoms with E-state index >= 15 is 0 Å². The topological polar surface area (TPSA) is 51.2 Å². The third kappa shape index (κ3) is 4.98. The number of anilines is 1. The van der Waals surface area contributed by atoms with Gasteiger partial charge in [-0.1, -0.05) is 57.2 Å². The van der Waals surface area contributed by atoms with Crippen LogP contribution in [-0.4, -0.2) is 18.0 Å². The van der Waals surface area contributed by atoms with E-state index in [1.54, 1.807) is 7.11 Å². The number of hydrogen-bond donors (Lipinski definition) is 1. The minimum Gasteiger partial charge on any atom is -0.496 e. The van der Waals surface area contributed by atoms with Gasteiger partial charge in [-0.25, -0.2) is 4.98 Å². The maximum atomic E-state index is 12.3. The fraction of sp³-hybridized carbons (Fsp3) is 0.304. The van der Waals surface area contributed by atoms with Crippen LogP contribution in [-0.2, 0) is 16.6 Å². The zero-order valence-corrected chi connectivity index (χ0v) is 17.6. The molecule has 146 valence electrons. The van der Waals surface area contributed by atoms with Crippen LogP contribution in [0.25, 0.3) is 11.3 Å². The summed E-state index contributed by atoms with van der Waals surface area (Å²) in [5.41, 5.74) is 4.32. The molecule has 0 unspecified atom stereocenters. The molecule has 28 heavy (non-hydrogen) atoms. The highest BCUT2D eigenvalue weighted by Crippen LogP contribution is 2.32. The molecule has 0 aliphatic heterocycles. The second-order valence-electron chi connectivity index (χ2n) is 7.73. The molecule has 4 nitrogen and oxygen atoms in total. The summed E-state index contributed by atoms with van der Waals surface area (Å²) >= 11 is 1.42. The number of para-hydroxylation sites is 1. The minimum absolute atomic E-state index is 0.0270. The summed E-state index contributed by atoms with van der Waals surface area (Å²) in [6.07, 6.45) is 1.14. The van der Waals surface area contributed by atoms with E-state index in [0.29, 0.717) is 18.0 Å². The van der Waals surface area contributed by atoms with E-state index in [9.17, 15) is 4.79 Å². The molecular formula is C23H26N2O2S. The number of hydrogen-bond acceptors (Lipinski definition) is 4. The minimum atomic E-state index is -0.0270. The van der Waals surface area contributed by atoms with Gasteiger partial charge in [0.05, 0.1) is 12.8 Å². The highest BCUT2D eigenvalue weighted by atomic mass is 32.1. The number of aryl methyl sites for hydroxylation is 1. The Morgan fingerprint density at radius 3 is 2.50 bits per heavy atom. The Morgan fingerprint density at radius 1 is 1.11 bits per heavy atom. The molecule has 0 spiro atoms. The van der Waals surface area contributed by atoms with Crippen molar-refractivity contribution in [2.45, 2.75) is 39.0 Å². The molecule has 5 heteroatoms. The molecule has 1 amide bonds. The van der Waals surface area contributed by atoms with Crippen LogP contribution in [0, 0.1) is 0 Å². The molecule has 0 aliphatic carbocycles. The first-order valence-corrected chi connectivity index (χ1v) is 10.2. The maximum absolute atomic E-state index is 12.3. The van der Waals surface area contributed by atoms with Crippen molar-refractivity contribution in [1.82, 2.24) is 4.98 Å². The molecule has 0 fully saturated rings. The van der Waals surface area contributed by atoms with Crippen molar-refractivity contribution in [3.63, 3.8) is 0 Å². The maximum Gasteiger partial charge on any atom is 0.226 e. The van der Waals surface area contributed by atoms with Gasteiger partial charge in [-0.3, -0.25) is 4.79 Å². The number of aromatic nitrogens is 1. The highest BCUT2D eigenvalue weighted by Gasteiger charge is 2.14. The largest absolute Gasteiger partial charge is 0.496 e. The van der Waals surface area contributed by atoms with Crippen LogP contribution in [0.4, 0.5) is 5.13 Å². The lowest BCUT2D eigenvalue weighted by Gasteiger charge is -2.19. The number of ether oxygens (including phenoxy) is 1. The first-order chi connectivity index (χ1) is 13.4. The second kappa shape index (κ2) is 8.57. The average molecular weight is 395 g/mol. The summed E-state index contributed by atoms with van der Waals surface area (Å²) in [7, 11) is 1.64. The number of methoxy groups -OCH3 is 1. The monoisotopic (exact) mass is 394 g/mol. The number of thiazole rings is 1. The van der Waals surface area contributed by atoms with Crippen molar-refractivity contribution >= 4 is 22.4 Å². The van der Waals surface area contributed by atoms with Crippen molar-refractivity contribution in [2.24, 2.45) is 0 Å². The van der Waals surface area contributed by atoms with E-state index in [1.165, 1.54) is 16.9 Å². The van der Waals surface area contributed by atoms with Crippen molar-refractivity contribution in [3.05, 3.63) is 65.0 Å². The SMILES string of the molecule is COc1ccccc1-c1csc(NC(=O)CCc2ccc(C(C)(C)C)cc2)n1. The predicted molar refractivity (Wildman–Crippen MR) is 116 cm³/mol. The molecular weight excluding hydrogens is 368 g/mol. The van der Waals surface area contributed by atoms with Crippen molar-refractivity contribution in [2.75, 3.05) is 12.4 Å². The Morgan fingerprint density at radius 2 is 1.82 bits per heavy atom. The van der Waals surface area contributed by atoms with Gasteiger partial charge in [0.25, 0.3) is 0 Å². The zero-order valence-electron chi connectivity index (χ0n) is 16.8. The highest BCUT2D eigenvalue weighted by molar-refractivity contribution is 7.14. The normalized spacial score (nSPS) is 11.3. The summed E-state index contributed by atoms with van der Waals surface area (Å²) in [4.78, 5) is 16.8. The van der Waals surface area contributed by atoms with Gasteiger partial charge in [0, 0.05) is 17.4 Å². The van der Waals surface area contributed by atoms with Gasteiger partial charge in [-0.15, -0.1) is 11.3 Å². The van der Waals surface area contributed by atoms with E-state index in [2.05, 4.69) is 55.3 Å². The van der Waals surface area contributed by atoms with E-state index in [-0.39, 0.29) is 11.3 Å². The van der Waals surface area contributed by atoms with Gasteiger partial charge in [-0.2, -0.15) is 0 Å². The lowest BCUT2D eigenvalue weighted by atomic mass is 9.86. The number of rotatable bonds is 6. The predicted octanol–water partition coefficient (Wildman–Crippen LogP) is 5.69. The summed E-state index contributed by atoms with van der Waals surface area (Å²) in [6, 6.07) is 16.2. The van der Waals surface area contributed by atoms with Crippen molar-refractivity contribution in [3.8, 4) is 17.0 Å². The number of nitrogens with one attached hydrogen (secondary N) is 1. The van der Waals surface area contributed by atoms with E-state index in [4.69, 9.17) is 4.74 Å². The van der Waals surface area contributed by atoms with Crippen molar-refractivity contribution < 1.29 is 9.53 Å².